The third kappa shape index (κ3) is 1.99. The number of benzene rings is 1. The van der Waals surface area contributed by atoms with Crippen molar-refractivity contribution in [1.82, 2.24) is 15.0 Å². The predicted octanol–water partition coefficient (Wildman–Crippen LogP) is 4.36. The smallest absolute Gasteiger partial charge is 0.132 e. The Morgan fingerprint density at radius 2 is 1.79 bits per heavy atom. The van der Waals surface area contributed by atoms with Crippen LogP contribution in [0.5, 0.6) is 0 Å². The van der Waals surface area contributed by atoms with Crippen LogP contribution in [0.2, 0.25) is 0 Å². The maximum absolute atomic E-state index is 4.68. The van der Waals surface area contributed by atoms with Crippen LogP contribution in [0.25, 0.3) is 21.8 Å². The van der Waals surface area contributed by atoms with E-state index in [1.165, 1.54) is 11.1 Å². The lowest BCUT2D eigenvalue weighted by Gasteiger charge is -2.07. The number of aromatic nitrogens is 3. The average molecular weight is 253 g/mol. The fourth-order valence-corrected chi connectivity index (χ4v) is 2.32. The molecule has 2 aromatic heterocycles. The molecule has 0 unspecified atom stereocenters. The highest BCUT2D eigenvalue weighted by atomic mass is 14.9. The summed E-state index contributed by atoms with van der Waals surface area (Å²) in [4.78, 5) is 12.7. The molecule has 3 heteroatoms. The molecule has 1 N–H and O–H groups in total. The summed E-state index contributed by atoms with van der Waals surface area (Å²) < 4.78 is 0. The number of rotatable bonds is 2. The lowest BCUT2D eigenvalue weighted by atomic mass is 10.1. The van der Waals surface area contributed by atoms with Gasteiger partial charge in [-0.2, -0.15) is 0 Å². The molecule has 19 heavy (non-hydrogen) atoms. The van der Waals surface area contributed by atoms with E-state index in [1.54, 1.807) is 0 Å². The van der Waals surface area contributed by atoms with Crippen molar-refractivity contribution in [1.29, 1.82) is 0 Å². The van der Waals surface area contributed by atoms with E-state index in [-0.39, 0.29) is 0 Å². The second kappa shape index (κ2) is 4.34. The number of aromatic amines is 1. The van der Waals surface area contributed by atoms with Gasteiger partial charge in [0.15, 0.2) is 0 Å². The number of H-pyrrole nitrogens is 1. The first kappa shape index (κ1) is 12.2. The largest absolute Gasteiger partial charge is 0.364 e. The summed E-state index contributed by atoms with van der Waals surface area (Å²) in [7, 11) is 0. The van der Waals surface area contributed by atoms with Crippen molar-refractivity contribution in [3.63, 3.8) is 0 Å². The first-order valence-electron chi connectivity index (χ1n) is 6.85. The van der Waals surface area contributed by atoms with Gasteiger partial charge in [-0.1, -0.05) is 33.8 Å². The third-order valence-electron chi connectivity index (χ3n) is 3.52. The van der Waals surface area contributed by atoms with Gasteiger partial charge in [-0.05, 0) is 23.4 Å². The minimum absolute atomic E-state index is 0.362. The van der Waals surface area contributed by atoms with Crippen molar-refractivity contribution < 1.29 is 0 Å². The van der Waals surface area contributed by atoms with E-state index in [4.69, 9.17) is 0 Å². The molecule has 1 aromatic carbocycles. The second-order valence-corrected chi connectivity index (χ2v) is 5.72. The molecular weight excluding hydrogens is 234 g/mol. The molecule has 3 rings (SSSR count). The van der Waals surface area contributed by atoms with Crippen LogP contribution in [0.15, 0.2) is 24.4 Å². The Balaban J connectivity index is 2.28. The van der Waals surface area contributed by atoms with Crippen LogP contribution < -0.4 is 0 Å². The molecule has 98 valence electrons. The summed E-state index contributed by atoms with van der Waals surface area (Å²) in [5, 5.41) is 2.38. The van der Waals surface area contributed by atoms with Gasteiger partial charge in [-0.15, -0.1) is 0 Å². The highest BCUT2D eigenvalue weighted by Crippen LogP contribution is 2.26. The maximum atomic E-state index is 4.68. The summed E-state index contributed by atoms with van der Waals surface area (Å²) in [6, 6.07) is 6.42. The van der Waals surface area contributed by atoms with Gasteiger partial charge in [0.05, 0.1) is 5.52 Å². The Hall–Kier alpha value is -1.90. The highest BCUT2D eigenvalue weighted by Gasteiger charge is 2.11. The molecule has 0 amide bonds. The van der Waals surface area contributed by atoms with Crippen molar-refractivity contribution in [2.45, 2.75) is 39.5 Å². The van der Waals surface area contributed by atoms with Gasteiger partial charge in [-0.25, -0.2) is 9.97 Å². The minimum Gasteiger partial charge on any atom is -0.364 e. The van der Waals surface area contributed by atoms with Crippen LogP contribution in [0.3, 0.4) is 0 Å². The molecule has 0 aliphatic heterocycles. The Morgan fingerprint density at radius 1 is 1.00 bits per heavy atom. The van der Waals surface area contributed by atoms with Crippen molar-refractivity contribution >= 4 is 21.8 Å². The molecule has 0 radical (unpaired) electrons. The first-order valence-corrected chi connectivity index (χ1v) is 6.85. The summed E-state index contributed by atoms with van der Waals surface area (Å²) in [5.74, 6) is 1.79. The van der Waals surface area contributed by atoms with E-state index in [2.05, 4.69) is 67.0 Å². The van der Waals surface area contributed by atoms with Crippen molar-refractivity contribution in [2.75, 3.05) is 0 Å². The van der Waals surface area contributed by atoms with Crippen LogP contribution in [-0.4, -0.2) is 15.0 Å². The molecule has 3 nitrogen and oxygen atoms in total. The van der Waals surface area contributed by atoms with Crippen molar-refractivity contribution in [3.8, 4) is 0 Å². The maximum Gasteiger partial charge on any atom is 0.132 e. The van der Waals surface area contributed by atoms with Gasteiger partial charge in [0.2, 0.25) is 0 Å². The topological polar surface area (TPSA) is 41.6 Å². The highest BCUT2D eigenvalue weighted by molar-refractivity contribution is 6.03. The van der Waals surface area contributed by atoms with Gasteiger partial charge in [-0.3, -0.25) is 0 Å². The van der Waals surface area contributed by atoms with E-state index < -0.39 is 0 Å². The van der Waals surface area contributed by atoms with Crippen LogP contribution in [0.1, 0.15) is 51.0 Å². The van der Waals surface area contributed by atoms with Crippen LogP contribution >= 0.6 is 0 Å². The fraction of sp³-hybridized carbons (Fsp3) is 0.375. The number of pyridine rings is 1. The standard InChI is InChI=1S/C16H19N3/c1-9(2)14-7-11-5-6-13-15(12(11)8-17-14)19-16(18-13)10(3)4/h5-10,17H,1-4H3. The number of imidazole rings is 1. The van der Waals surface area contributed by atoms with Gasteiger partial charge in [0.1, 0.15) is 11.3 Å². The lowest BCUT2D eigenvalue weighted by Crippen LogP contribution is -1.92. The molecule has 0 bridgehead atoms. The molecule has 2 heterocycles. The van der Waals surface area contributed by atoms with Gasteiger partial charge < -0.3 is 4.98 Å². The van der Waals surface area contributed by atoms with E-state index >= 15 is 0 Å². The van der Waals surface area contributed by atoms with Crippen molar-refractivity contribution in [3.05, 3.63) is 35.9 Å². The second-order valence-electron chi connectivity index (χ2n) is 5.72. The molecule has 0 fully saturated rings. The van der Waals surface area contributed by atoms with E-state index in [0.717, 1.165) is 22.2 Å². The predicted molar refractivity (Wildman–Crippen MR) is 79.6 cm³/mol. The molecule has 0 aliphatic carbocycles. The zero-order valence-electron chi connectivity index (χ0n) is 11.9. The van der Waals surface area contributed by atoms with Gasteiger partial charge in [0, 0.05) is 23.2 Å². The third-order valence-corrected chi connectivity index (χ3v) is 3.52. The van der Waals surface area contributed by atoms with Crippen molar-refractivity contribution in [2.24, 2.45) is 0 Å². The summed E-state index contributed by atoms with van der Waals surface area (Å²) in [6.07, 6.45) is 2.06. The fourth-order valence-electron chi connectivity index (χ4n) is 2.32. The molecule has 0 saturated heterocycles. The Labute approximate surface area is 113 Å². The quantitative estimate of drug-likeness (QED) is 0.737. The zero-order valence-corrected chi connectivity index (χ0v) is 11.9. The molecule has 0 saturated carbocycles. The molecule has 3 aromatic rings. The van der Waals surface area contributed by atoms with E-state index in [0.29, 0.717) is 11.8 Å². The monoisotopic (exact) mass is 253 g/mol. The summed E-state index contributed by atoms with van der Waals surface area (Å²) in [5.41, 5.74) is 3.24. The number of fused-ring (bicyclic) bond motifs is 3. The SMILES string of the molecule is CC(C)c1nc2ccc3cc(C(C)C)[nH]cc3c2n1. The molecule has 0 aliphatic rings. The Kier molecular flexibility index (Phi) is 2.77. The molecule has 0 spiro atoms. The van der Waals surface area contributed by atoms with Crippen LogP contribution in [0.4, 0.5) is 0 Å². The van der Waals surface area contributed by atoms with Gasteiger partial charge >= 0.3 is 0 Å². The minimum atomic E-state index is 0.362. The molecular formula is C16H19N3. The van der Waals surface area contributed by atoms with Crippen LogP contribution in [0, 0.1) is 0 Å². The first-order chi connectivity index (χ1) is 9.06. The zero-order chi connectivity index (χ0) is 13.6. The number of hydrogen-bond donors (Lipinski definition) is 1. The number of nitrogens with zero attached hydrogens (tertiary/aromatic N) is 2. The lowest BCUT2D eigenvalue weighted by molar-refractivity contribution is 0.799. The average Bonchev–Trinajstić information content (AvgIpc) is 2.82. The Bertz CT molecular complexity index is 738. The summed E-state index contributed by atoms with van der Waals surface area (Å²) in [6.45, 7) is 8.63. The normalized spacial score (nSPS) is 12.1. The Morgan fingerprint density at radius 3 is 2.47 bits per heavy atom. The van der Waals surface area contributed by atoms with E-state index in [1.807, 2.05) is 0 Å². The number of nitrogens with one attached hydrogen (secondary N) is 1. The summed E-state index contributed by atoms with van der Waals surface area (Å²) >= 11 is 0. The van der Waals surface area contributed by atoms with Gasteiger partial charge in [0.25, 0.3) is 0 Å². The van der Waals surface area contributed by atoms with E-state index in [9.17, 15) is 0 Å². The number of hydrogen-bond acceptors (Lipinski definition) is 2. The molecule has 0 atom stereocenters. The van der Waals surface area contributed by atoms with Crippen LogP contribution in [-0.2, 0) is 0 Å².